The Morgan fingerprint density at radius 3 is 2.70 bits per heavy atom. The SMILES string of the molecule is CCCNC(CC)c1ccc(-c2ccc(Cl)cc2Br)s1. The number of halogens is 2. The van der Waals surface area contributed by atoms with E-state index in [-0.39, 0.29) is 0 Å². The van der Waals surface area contributed by atoms with E-state index in [0.717, 1.165) is 28.9 Å². The zero-order valence-electron chi connectivity index (χ0n) is 11.7. The highest BCUT2D eigenvalue weighted by Gasteiger charge is 2.13. The number of rotatable bonds is 6. The minimum atomic E-state index is 0.458. The molecule has 0 bridgehead atoms. The van der Waals surface area contributed by atoms with Gasteiger partial charge in [-0.3, -0.25) is 0 Å². The molecule has 0 spiro atoms. The summed E-state index contributed by atoms with van der Waals surface area (Å²) in [6.07, 6.45) is 2.28. The summed E-state index contributed by atoms with van der Waals surface area (Å²) in [5.41, 5.74) is 1.20. The molecular weight excluding hydrogens is 354 g/mol. The van der Waals surface area contributed by atoms with Crippen LogP contribution in [0.3, 0.4) is 0 Å². The zero-order chi connectivity index (χ0) is 14.5. The van der Waals surface area contributed by atoms with Crippen LogP contribution < -0.4 is 5.32 Å². The smallest absolute Gasteiger partial charge is 0.0417 e. The molecule has 0 fully saturated rings. The minimum absolute atomic E-state index is 0.458. The maximum absolute atomic E-state index is 6.00. The predicted molar refractivity (Wildman–Crippen MR) is 93.8 cm³/mol. The lowest BCUT2D eigenvalue weighted by molar-refractivity contribution is 0.525. The average molecular weight is 373 g/mol. The van der Waals surface area contributed by atoms with Gasteiger partial charge in [-0.25, -0.2) is 0 Å². The molecule has 0 radical (unpaired) electrons. The third kappa shape index (κ3) is 3.85. The van der Waals surface area contributed by atoms with Crippen molar-refractivity contribution in [3.05, 3.63) is 44.7 Å². The third-order valence-corrected chi connectivity index (χ3v) is 5.34. The van der Waals surface area contributed by atoms with E-state index in [1.807, 2.05) is 23.5 Å². The molecule has 108 valence electrons. The lowest BCUT2D eigenvalue weighted by Crippen LogP contribution is -2.20. The molecule has 0 aliphatic heterocycles. The van der Waals surface area contributed by atoms with Gasteiger partial charge in [-0.1, -0.05) is 47.4 Å². The van der Waals surface area contributed by atoms with Gasteiger partial charge < -0.3 is 5.32 Å². The van der Waals surface area contributed by atoms with Crippen LogP contribution in [0, 0.1) is 0 Å². The Morgan fingerprint density at radius 1 is 1.25 bits per heavy atom. The second-order valence-corrected chi connectivity index (χ2v) is 7.15. The van der Waals surface area contributed by atoms with Gasteiger partial charge in [0.05, 0.1) is 0 Å². The second-order valence-electron chi connectivity index (χ2n) is 4.74. The molecule has 1 atom stereocenters. The van der Waals surface area contributed by atoms with Crippen molar-refractivity contribution in [1.29, 1.82) is 0 Å². The van der Waals surface area contributed by atoms with Crippen molar-refractivity contribution in [2.24, 2.45) is 0 Å². The van der Waals surface area contributed by atoms with Crippen LogP contribution in [0.15, 0.2) is 34.8 Å². The molecule has 0 saturated carbocycles. The van der Waals surface area contributed by atoms with Gasteiger partial charge >= 0.3 is 0 Å². The summed E-state index contributed by atoms with van der Waals surface area (Å²) in [5, 5.41) is 4.36. The van der Waals surface area contributed by atoms with Crippen molar-refractivity contribution < 1.29 is 0 Å². The summed E-state index contributed by atoms with van der Waals surface area (Å²) in [6.45, 7) is 5.49. The molecule has 2 rings (SSSR count). The van der Waals surface area contributed by atoms with Crippen molar-refractivity contribution in [1.82, 2.24) is 5.32 Å². The van der Waals surface area contributed by atoms with Crippen molar-refractivity contribution >= 4 is 38.9 Å². The highest BCUT2D eigenvalue weighted by Crippen LogP contribution is 2.37. The van der Waals surface area contributed by atoms with Crippen LogP contribution in [-0.2, 0) is 0 Å². The topological polar surface area (TPSA) is 12.0 Å². The molecule has 0 aliphatic carbocycles. The first-order valence-corrected chi connectivity index (χ1v) is 8.93. The van der Waals surface area contributed by atoms with E-state index in [0.29, 0.717) is 6.04 Å². The van der Waals surface area contributed by atoms with Crippen molar-refractivity contribution in [3.8, 4) is 10.4 Å². The average Bonchev–Trinajstić information content (AvgIpc) is 2.89. The van der Waals surface area contributed by atoms with Gasteiger partial charge in [0.15, 0.2) is 0 Å². The van der Waals surface area contributed by atoms with Crippen molar-refractivity contribution in [2.45, 2.75) is 32.7 Å². The monoisotopic (exact) mass is 371 g/mol. The first-order valence-electron chi connectivity index (χ1n) is 6.94. The number of hydrogen-bond donors (Lipinski definition) is 1. The van der Waals surface area contributed by atoms with Gasteiger partial charge in [0.25, 0.3) is 0 Å². The Labute approximate surface area is 138 Å². The molecule has 0 amide bonds. The molecule has 2 aromatic rings. The van der Waals surface area contributed by atoms with Crippen LogP contribution >= 0.6 is 38.9 Å². The van der Waals surface area contributed by atoms with E-state index in [1.165, 1.54) is 15.3 Å². The van der Waals surface area contributed by atoms with E-state index in [1.54, 1.807) is 0 Å². The molecule has 1 nitrogen and oxygen atoms in total. The molecule has 1 aromatic heterocycles. The first kappa shape index (κ1) is 16.0. The van der Waals surface area contributed by atoms with E-state index >= 15 is 0 Å². The standard InChI is InChI=1S/C16H19BrClNS/c1-3-9-19-14(4-2)16-8-7-15(20-16)12-6-5-11(18)10-13(12)17/h5-8,10,14,19H,3-4,9H2,1-2H3. The quantitative estimate of drug-likeness (QED) is 0.629. The van der Waals surface area contributed by atoms with E-state index in [9.17, 15) is 0 Å². The van der Waals surface area contributed by atoms with Gasteiger partial charge in [0.2, 0.25) is 0 Å². The summed E-state index contributed by atoms with van der Waals surface area (Å²) in [4.78, 5) is 2.68. The molecule has 1 aromatic carbocycles. The number of nitrogens with one attached hydrogen (secondary N) is 1. The number of hydrogen-bond acceptors (Lipinski definition) is 2. The normalized spacial score (nSPS) is 12.6. The van der Waals surface area contributed by atoms with Gasteiger partial charge in [-0.15, -0.1) is 11.3 Å². The Morgan fingerprint density at radius 2 is 2.05 bits per heavy atom. The fraction of sp³-hybridized carbons (Fsp3) is 0.375. The lowest BCUT2D eigenvalue weighted by Gasteiger charge is -2.14. The number of benzene rings is 1. The maximum atomic E-state index is 6.00. The van der Waals surface area contributed by atoms with Crippen LogP contribution in [-0.4, -0.2) is 6.54 Å². The van der Waals surface area contributed by atoms with Crippen LogP contribution in [0.25, 0.3) is 10.4 Å². The largest absolute Gasteiger partial charge is 0.309 e. The summed E-state index contributed by atoms with van der Waals surface area (Å²) in [5.74, 6) is 0. The highest BCUT2D eigenvalue weighted by atomic mass is 79.9. The van der Waals surface area contributed by atoms with Crippen LogP contribution in [0.5, 0.6) is 0 Å². The summed E-state index contributed by atoms with van der Waals surface area (Å²) < 4.78 is 1.05. The fourth-order valence-corrected chi connectivity index (χ4v) is 4.37. The summed E-state index contributed by atoms with van der Waals surface area (Å²) in [6, 6.07) is 10.8. The molecule has 20 heavy (non-hydrogen) atoms. The Hall–Kier alpha value is -0.350. The highest BCUT2D eigenvalue weighted by molar-refractivity contribution is 9.10. The maximum Gasteiger partial charge on any atom is 0.0417 e. The minimum Gasteiger partial charge on any atom is -0.309 e. The van der Waals surface area contributed by atoms with Gasteiger partial charge in [-0.05, 0) is 43.7 Å². The molecule has 1 unspecified atom stereocenters. The first-order chi connectivity index (χ1) is 9.65. The Kier molecular flexibility index (Phi) is 6.09. The van der Waals surface area contributed by atoms with Gasteiger partial charge in [-0.2, -0.15) is 0 Å². The Balaban J connectivity index is 2.23. The van der Waals surface area contributed by atoms with Gasteiger partial charge in [0.1, 0.15) is 0 Å². The molecular formula is C16H19BrClNS. The third-order valence-electron chi connectivity index (χ3n) is 3.22. The summed E-state index contributed by atoms with van der Waals surface area (Å²) in [7, 11) is 0. The van der Waals surface area contributed by atoms with Crippen LogP contribution in [0.4, 0.5) is 0 Å². The van der Waals surface area contributed by atoms with Gasteiger partial charge in [0, 0.05) is 30.9 Å². The zero-order valence-corrected chi connectivity index (χ0v) is 14.9. The molecule has 1 heterocycles. The van der Waals surface area contributed by atoms with E-state index in [4.69, 9.17) is 11.6 Å². The summed E-state index contributed by atoms with van der Waals surface area (Å²) >= 11 is 11.5. The van der Waals surface area contributed by atoms with Crippen molar-refractivity contribution in [3.63, 3.8) is 0 Å². The fourth-order valence-electron chi connectivity index (χ4n) is 2.14. The molecule has 1 N–H and O–H groups in total. The Bertz CT molecular complexity index is 567. The van der Waals surface area contributed by atoms with Crippen LogP contribution in [0.1, 0.15) is 37.6 Å². The molecule has 4 heteroatoms. The lowest BCUT2D eigenvalue weighted by atomic mass is 10.1. The second kappa shape index (κ2) is 7.60. The number of thiophene rings is 1. The van der Waals surface area contributed by atoms with E-state index in [2.05, 4.69) is 53.3 Å². The van der Waals surface area contributed by atoms with Crippen molar-refractivity contribution in [2.75, 3.05) is 6.54 Å². The van der Waals surface area contributed by atoms with Crippen LogP contribution in [0.2, 0.25) is 5.02 Å². The predicted octanol–water partition coefficient (Wildman–Crippen LogP) is 6.28. The van der Waals surface area contributed by atoms with E-state index < -0.39 is 0 Å². The molecule has 0 saturated heterocycles. The molecule has 0 aliphatic rings.